The van der Waals surface area contributed by atoms with Crippen LogP contribution in [0.5, 0.6) is 5.75 Å². The number of methoxy groups -OCH3 is 1. The molecule has 0 aliphatic carbocycles. The van der Waals surface area contributed by atoms with Gasteiger partial charge in [-0.05, 0) is 31.2 Å². The molecule has 1 aromatic carbocycles. The summed E-state index contributed by atoms with van der Waals surface area (Å²) in [7, 11) is 1.63. The molecule has 1 aliphatic heterocycles. The quantitative estimate of drug-likeness (QED) is 0.680. The maximum Gasteiger partial charge on any atom is 0.409 e. The van der Waals surface area contributed by atoms with Crippen LogP contribution >= 0.6 is 0 Å². The Labute approximate surface area is 173 Å². The average molecular weight is 409 g/mol. The molecule has 1 saturated heterocycles. The molecule has 1 aliphatic rings. The molecule has 0 radical (unpaired) electrons. The SMILES string of the molecule is CCOC(=O)N1CCN(c2nc(Nc3ccc(OC)cc3)c3nccnc3n2)CC1. The molecule has 0 saturated carbocycles. The summed E-state index contributed by atoms with van der Waals surface area (Å²) in [5.41, 5.74) is 1.94. The van der Waals surface area contributed by atoms with Crippen LogP contribution in [0.1, 0.15) is 6.92 Å². The van der Waals surface area contributed by atoms with Crippen LogP contribution < -0.4 is 15.0 Å². The lowest BCUT2D eigenvalue weighted by Crippen LogP contribution is -2.49. The van der Waals surface area contributed by atoms with Gasteiger partial charge in [-0.15, -0.1) is 0 Å². The van der Waals surface area contributed by atoms with Crippen LogP contribution in [0, 0.1) is 0 Å². The number of rotatable bonds is 5. The standard InChI is InChI=1S/C20H23N7O3/c1-3-30-20(28)27-12-10-26(11-13-27)19-24-17-16(21-8-9-22-17)18(25-19)23-14-4-6-15(29-2)7-5-14/h4-9H,3,10-13H2,1-2H3,(H,22,23,24,25). The van der Waals surface area contributed by atoms with Crippen molar-refractivity contribution in [3.05, 3.63) is 36.7 Å². The number of fused-ring (bicyclic) bond motifs is 1. The van der Waals surface area contributed by atoms with Crippen molar-refractivity contribution in [1.82, 2.24) is 24.8 Å². The highest BCUT2D eigenvalue weighted by molar-refractivity contribution is 5.85. The predicted octanol–water partition coefficient (Wildman–Crippen LogP) is 2.45. The lowest BCUT2D eigenvalue weighted by atomic mass is 10.3. The number of aromatic nitrogens is 4. The van der Waals surface area contributed by atoms with Gasteiger partial charge < -0.3 is 24.6 Å². The number of benzene rings is 1. The Kier molecular flexibility index (Phi) is 5.73. The van der Waals surface area contributed by atoms with E-state index in [-0.39, 0.29) is 6.09 Å². The molecule has 30 heavy (non-hydrogen) atoms. The number of ether oxygens (including phenoxy) is 2. The minimum atomic E-state index is -0.288. The summed E-state index contributed by atoms with van der Waals surface area (Å²) in [6.45, 7) is 4.46. The van der Waals surface area contributed by atoms with E-state index in [2.05, 4.69) is 20.3 Å². The number of nitrogens with one attached hydrogen (secondary N) is 1. The first-order valence-corrected chi connectivity index (χ1v) is 9.74. The van der Waals surface area contributed by atoms with E-state index in [0.29, 0.717) is 55.7 Å². The Hall–Kier alpha value is -3.69. The van der Waals surface area contributed by atoms with Crippen LogP contribution in [0.15, 0.2) is 36.7 Å². The molecule has 3 heterocycles. The van der Waals surface area contributed by atoms with Crippen LogP contribution in [0.3, 0.4) is 0 Å². The molecule has 2 aromatic heterocycles. The third-order valence-corrected chi connectivity index (χ3v) is 4.76. The summed E-state index contributed by atoms with van der Waals surface area (Å²) < 4.78 is 10.3. The Bertz CT molecular complexity index is 1020. The molecule has 0 atom stereocenters. The van der Waals surface area contributed by atoms with Gasteiger partial charge in [0.1, 0.15) is 5.75 Å². The van der Waals surface area contributed by atoms with Crippen molar-refractivity contribution in [2.45, 2.75) is 6.92 Å². The van der Waals surface area contributed by atoms with Crippen LogP contribution in [-0.2, 0) is 4.74 Å². The second-order valence-electron chi connectivity index (χ2n) is 6.63. The van der Waals surface area contributed by atoms with Crippen LogP contribution in [0.4, 0.5) is 22.2 Å². The minimum absolute atomic E-state index is 0.288. The highest BCUT2D eigenvalue weighted by Gasteiger charge is 2.24. The largest absolute Gasteiger partial charge is 0.497 e. The lowest BCUT2D eigenvalue weighted by molar-refractivity contribution is 0.105. The van der Waals surface area contributed by atoms with Crippen molar-refractivity contribution in [1.29, 1.82) is 0 Å². The van der Waals surface area contributed by atoms with Crippen molar-refractivity contribution < 1.29 is 14.3 Å². The van der Waals surface area contributed by atoms with Gasteiger partial charge in [0.25, 0.3) is 0 Å². The van der Waals surface area contributed by atoms with Gasteiger partial charge in [-0.3, -0.25) is 0 Å². The molecule has 1 N–H and O–H groups in total. The van der Waals surface area contributed by atoms with Crippen molar-refractivity contribution in [3.63, 3.8) is 0 Å². The Morgan fingerprint density at radius 2 is 1.80 bits per heavy atom. The van der Waals surface area contributed by atoms with Gasteiger partial charge in [0, 0.05) is 44.3 Å². The molecule has 1 fully saturated rings. The zero-order chi connectivity index (χ0) is 20.9. The first-order valence-electron chi connectivity index (χ1n) is 9.74. The molecule has 0 bridgehead atoms. The molecular formula is C20H23N7O3. The van der Waals surface area contributed by atoms with Gasteiger partial charge in [0.2, 0.25) is 5.95 Å². The van der Waals surface area contributed by atoms with E-state index in [1.54, 1.807) is 31.3 Å². The summed E-state index contributed by atoms with van der Waals surface area (Å²) in [5.74, 6) is 1.89. The number of anilines is 3. The van der Waals surface area contributed by atoms with Gasteiger partial charge in [-0.1, -0.05) is 0 Å². The summed E-state index contributed by atoms with van der Waals surface area (Å²) in [4.78, 5) is 33.7. The van der Waals surface area contributed by atoms with Crippen LogP contribution in [0.2, 0.25) is 0 Å². The summed E-state index contributed by atoms with van der Waals surface area (Å²) in [5, 5.41) is 3.30. The molecule has 10 heteroatoms. The molecule has 4 rings (SSSR count). The maximum atomic E-state index is 11.9. The third-order valence-electron chi connectivity index (χ3n) is 4.76. The maximum absolute atomic E-state index is 11.9. The monoisotopic (exact) mass is 409 g/mol. The Balaban J connectivity index is 1.58. The highest BCUT2D eigenvalue weighted by Crippen LogP contribution is 2.25. The van der Waals surface area contributed by atoms with Gasteiger partial charge in [-0.25, -0.2) is 14.8 Å². The van der Waals surface area contributed by atoms with E-state index >= 15 is 0 Å². The van der Waals surface area contributed by atoms with Gasteiger partial charge in [0.15, 0.2) is 17.0 Å². The second-order valence-corrected chi connectivity index (χ2v) is 6.63. The first kappa shape index (κ1) is 19.6. The van der Waals surface area contributed by atoms with Crippen molar-refractivity contribution in [2.75, 3.05) is 50.1 Å². The van der Waals surface area contributed by atoms with E-state index in [1.165, 1.54) is 0 Å². The normalized spacial score (nSPS) is 13.9. The first-order chi connectivity index (χ1) is 14.7. The van der Waals surface area contributed by atoms with Crippen molar-refractivity contribution in [3.8, 4) is 5.75 Å². The molecule has 156 valence electrons. The summed E-state index contributed by atoms with van der Waals surface area (Å²) in [6, 6.07) is 7.54. The topological polar surface area (TPSA) is 106 Å². The molecule has 10 nitrogen and oxygen atoms in total. The molecule has 0 unspecified atom stereocenters. The Morgan fingerprint density at radius 1 is 1.07 bits per heavy atom. The molecular weight excluding hydrogens is 386 g/mol. The fourth-order valence-electron chi connectivity index (χ4n) is 3.20. The smallest absolute Gasteiger partial charge is 0.409 e. The predicted molar refractivity (Wildman–Crippen MR) is 112 cm³/mol. The van der Waals surface area contributed by atoms with E-state index in [4.69, 9.17) is 14.5 Å². The average Bonchev–Trinajstić information content (AvgIpc) is 2.80. The van der Waals surface area contributed by atoms with Gasteiger partial charge in [-0.2, -0.15) is 9.97 Å². The molecule has 0 spiro atoms. The second kappa shape index (κ2) is 8.76. The number of carbonyl (C=O) groups is 1. The molecule has 3 aromatic rings. The van der Waals surface area contributed by atoms with Gasteiger partial charge in [0.05, 0.1) is 13.7 Å². The number of piperazine rings is 1. The summed E-state index contributed by atoms with van der Waals surface area (Å²) >= 11 is 0. The lowest BCUT2D eigenvalue weighted by Gasteiger charge is -2.34. The Morgan fingerprint density at radius 3 is 2.50 bits per heavy atom. The highest BCUT2D eigenvalue weighted by atomic mass is 16.6. The number of amides is 1. The van der Waals surface area contributed by atoms with Crippen molar-refractivity contribution >= 4 is 34.7 Å². The number of carbonyl (C=O) groups excluding carboxylic acids is 1. The van der Waals surface area contributed by atoms with Gasteiger partial charge >= 0.3 is 6.09 Å². The van der Waals surface area contributed by atoms with E-state index < -0.39 is 0 Å². The van der Waals surface area contributed by atoms with Crippen LogP contribution in [0.25, 0.3) is 11.2 Å². The summed E-state index contributed by atoms with van der Waals surface area (Å²) in [6.07, 6.45) is 2.93. The third kappa shape index (κ3) is 4.17. The van der Waals surface area contributed by atoms with Crippen molar-refractivity contribution in [2.24, 2.45) is 0 Å². The number of hydrogen-bond donors (Lipinski definition) is 1. The van der Waals surface area contributed by atoms with E-state index in [9.17, 15) is 4.79 Å². The van der Waals surface area contributed by atoms with E-state index in [0.717, 1.165) is 11.4 Å². The molecule has 1 amide bonds. The number of nitrogens with zero attached hydrogens (tertiary/aromatic N) is 6. The minimum Gasteiger partial charge on any atom is -0.497 e. The van der Waals surface area contributed by atoms with Crippen LogP contribution in [-0.4, -0.2) is 70.8 Å². The fraction of sp³-hybridized carbons (Fsp3) is 0.350. The zero-order valence-electron chi connectivity index (χ0n) is 16.9. The van der Waals surface area contributed by atoms with E-state index in [1.807, 2.05) is 29.2 Å². The zero-order valence-corrected chi connectivity index (χ0v) is 16.9. The fourth-order valence-corrected chi connectivity index (χ4v) is 3.20. The number of hydrogen-bond acceptors (Lipinski definition) is 9.